The minimum atomic E-state index is 0.964. The van der Waals surface area contributed by atoms with Crippen LogP contribution in [-0.2, 0) is 24.7 Å². The molecule has 2 heteroatoms. The van der Waals surface area contributed by atoms with Crippen LogP contribution in [0.25, 0.3) is 0 Å². The first-order chi connectivity index (χ1) is 8.41. The molecule has 0 fully saturated rings. The van der Waals surface area contributed by atoms with Crippen LogP contribution in [0.3, 0.4) is 0 Å². The van der Waals surface area contributed by atoms with Gasteiger partial charge in [-0.1, -0.05) is 26.2 Å². The van der Waals surface area contributed by atoms with Crippen LogP contribution < -0.4 is 0 Å². The molecule has 0 aromatic heterocycles. The molecule has 0 aliphatic carbocycles. The predicted octanol–water partition coefficient (Wildman–Crippen LogP) is 5.56. The molecule has 0 saturated heterocycles. The molecule has 0 saturated carbocycles. The van der Waals surface area contributed by atoms with Gasteiger partial charge in [0.1, 0.15) is 0 Å². The van der Waals surface area contributed by atoms with Crippen molar-refractivity contribution in [1.29, 1.82) is 0 Å². The number of hydrogen-bond acceptors (Lipinski definition) is 1. The topological polar surface area (TPSA) is 9.23 Å². The van der Waals surface area contributed by atoms with Gasteiger partial charge in [0.15, 0.2) is 0 Å². The summed E-state index contributed by atoms with van der Waals surface area (Å²) in [6.07, 6.45) is 18.5. The summed E-state index contributed by atoms with van der Waals surface area (Å²) in [6.45, 7) is 3.25. The Morgan fingerprint density at radius 1 is 0.588 bits per heavy atom. The Morgan fingerprint density at radius 3 is 1.29 bits per heavy atom. The van der Waals surface area contributed by atoms with E-state index in [1.165, 1.54) is 105 Å². The van der Waals surface area contributed by atoms with Crippen LogP contribution >= 0.6 is 0 Å². The fraction of sp³-hybridized carbons (Fsp3) is 1.00. The zero-order chi connectivity index (χ0) is 12.6. The van der Waals surface area contributed by atoms with Crippen LogP contribution in [0, 0.1) is 0 Å². The van der Waals surface area contributed by atoms with Crippen LogP contribution in [0.5, 0.6) is 0 Å². The van der Waals surface area contributed by atoms with E-state index < -0.39 is 0 Å². The zero-order valence-electron chi connectivity index (χ0n) is 11.8. The molecule has 0 aliphatic heterocycles. The van der Waals surface area contributed by atoms with Crippen molar-refractivity contribution in [1.82, 2.24) is 0 Å². The van der Waals surface area contributed by atoms with E-state index in [2.05, 4.69) is 6.92 Å². The Balaban J connectivity index is 2.85. The molecule has 0 aromatic carbocycles. The summed E-state index contributed by atoms with van der Waals surface area (Å²) in [5.41, 5.74) is 0. The molecule has 1 nitrogen and oxygen atoms in total. The summed E-state index contributed by atoms with van der Waals surface area (Å²) >= 11 is 1.47. The second kappa shape index (κ2) is 16.7. The van der Waals surface area contributed by atoms with Gasteiger partial charge in [-0.2, -0.15) is 0 Å². The summed E-state index contributed by atoms with van der Waals surface area (Å²) in [5, 5.41) is 0. The van der Waals surface area contributed by atoms with Gasteiger partial charge < -0.3 is 0 Å². The molecular weight excluding hydrogens is 289 g/mol. The van der Waals surface area contributed by atoms with Crippen molar-refractivity contribution < 1.29 is 24.7 Å². The molecule has 0 N–H and O–H groups in total. The quantitative estimate of drug-likeness (QED) is 0.301. The van der Waals surface area contributed by atoms with Crippen molar-refractivity contribution in [2.24, 2.45) is 0 Å². The van der Waals surface area contributed by atoms with Crippen LogP contribution in [0.4, 0.5) is 0 Å². The van der Waals surface area contributed by atoms with Gasteiger partial charge >= 0.3 is 95.5 Å². The Morgan fingerprint density at radius 2 is 0.941 bits per heavy atom. The third-order valence-electron chi connectivity index (χ3n) is 3.34. The van der Waals surface area contributed by atoms with E-state index in [1.807, 2.05) is 0 Å². The fourth-order valence-corrected chi connectivity index (χ4v) is 2.50. The fourth-order valence-electron chi connectivity index (χ4n) is 2.18. The third kappa shape index (κ3) is 16.7. The molecular formula is C15H31NbO. The normalized spacial score (nSPS) is 10.9. The molecule has 0 heterocycles. The summed E-state index contributed by atoms with van der Waals surface area (Å²) in [6, 6.07) is 0. The van der Waals surface area contributed by atoms with Crippen molar-refractivity contribution in [2.45, 2.75) is 90.4 Å². The summed E-state index contributed by atoms with van der Waals surface area (Å²) < 4.78 is 5.09. The van der Waals surface area contributed by atoms with E-state index in [9.17, 15) is 0 Å². The first kappa shape index (κ1) is 17.7. The van der Waals surface area contributed by atoms with Crippen molar-refractivity contribution in [3.63, 3.8) is 0 Å². The summed E-state index contributed by atoms with van der Waals surface area (Å²) in [4.78, 5) is 0. The van der Waals surface area contributed by atoms with Crippen molar-refractivity contribution >= 4 is 0 Å². The zero-order valence-corrected chi connectivity index (χ0v) is 14.0. The van der Waals surface area contributed by atoms with Crippen LogP contribution in [0.15, 0.2) is 0 Å². The Hall–Kier alpha value is 0.700. The van der Waals surface area contributed by atoms with Gasteiger partial charge in [0.25, 0.3) is 0 Å². The molecule has 0 aliphatic rings. The number of rotatable bonds is 14. The SMILES string of the molecule is CCCCCCCCCCCCCCC[O][Nb]. The first-order valence-corrected chi connectivity index (χ1v) is 8.58. The molecule has 0 unspecified atom stereocenters. The number of unbranched alkanes of at least 4 members (excludes halogenated alkanes) is 12. The molecule has 0 amide bonds. The van der Waals surface area contributed by atoms with Gasteiger partial charge in [0.2, 0.25) is 0 Å². The third-order valence-corrected chi connectivity index (χ3v) is 3.79. The molecule has 0 aromatic rings. The summed E-state index contributed by atoms with van der Waals surface area (Å²) in [7, 11) is 0. The van der Waals surface area contributed by atoms with E-state index in [-0.39, 0.29) is 0 Å². The number of hydrogen-bond donors (Lipinski definition) is 0. The average molecular weight is 320 g/mol. The summed E-state index contributed by atoms with van der Waals surface area (Å²) in [5.74, 6) is 0. The second-order valence-corrected chi connectivity index (χ2v) is 5.71. The van der Waals surface area contributed by atoms with E-state index >= 15 is 0 Å². The maximum atomic E-state index is 5.09. The van der Waals surface area contributed by atoms with E-state index in [0.29, 0.717) is 0 Å². The van der Waals surface area contributed by atoms with Crippen LogP contribution in [0.1, 0.15) is 90.4 Å². The minimum absolute atomic E-state index is 0.964. The van der Waals surface area contributed by atoms with Crippen molar-refractivity contribution in [2.75, 3.05) is 6.61 Å². The molecule has 0 bridgehead atoms. The molecule has 0 spiro atoms. The second-order valence-electron chi connectivity index (χ2n) is 5.08. The predicted molar refractivity (Wildman–Crippen MR) is 71.6 cm³/mol. The van der Waals surface area contributed by atoms with Crippen LogP contribution in [0.2, 0.25) is 0 Å². The van der Waals surface area contributed by atoms with Crippen LogP contribution in [-0.4, -0.2) is 6.61 Å². The van der Waals surface area contributed by atoms with Crippen molar-refractivity contribution in [3.05, 3.63) is 0 Å². The standard InChI is InChI=1S/C15H31O.Nb/c1-2-3-4-5-6-7-8-9-10-11-12-13-14-15-16;/h2-15H2,1H3;/q-1;+1. The Kier molecular flexibility index (Phi) is 17.4. The maximum absolute atomic E-state index is 5.09. The molecule has 0 rings (SSSR count). The van der Waals surface area contributed by atoms with Gasteiger partial charge in [0, 0.05) is 0 Å². The van der Waals surface area contributed by atoms with E-state index in [4.69, 9.17) is 3.24 Å². The monoisotopic (exact) mass is 320 g/mol. The average Bonchev–Trinajstić information content (AvgIpc) is 2.35. The van der Waals surface area contributed by atoms with E-state index in [1.54, 1.807) is 0 Å². The van der Waals surface area contributed by atoms with Gasteiger partial charge in [-0.25, -0.2) is 0 Å². The van der Waals surface area contributed by atoms with Gasteiger partial charge in [-0.15, -0.1) is 0 Å². The Labute approximate surface area is 121 Å². The van der Waals surface area contributed by atoms with Crippen molar-refractivity contribution in [3.8, 4) is 0 Å². The molecule has 17 heavy (non-hydrogen) atoms. The van der Waals surface area contributed by atoms with Gasteiger partial charge in [0.05, 0.1) is 0 Å². The van der Waals surface area contributed by atoms with Gasteiger partial charge in [-0.05, 0) is 0 Å². The van der Waals surface area contributed by atoms with Gasteiger partial charge in [-0.3, -0.25) is 0 Å². The molecule has 0 radical (unpaired) electrons. The molecule has 0 atom stereocenters. The molecule has 102 valence electrons. The Bertz CT molecular complexity index is 114. The van der Waals surface area contributed by atoms with E-state index in [0.717, 1.165) is 6.61 Å². The first-order valence-electron chi connectivity index (χ1n) is 7.68.